The zero-order chi connectivity index (χ0) is 20.1. The minimum Gasteiger partial charge on any atom is -0.454 e. The summed E-state index contributed by atoms with van der Waals surface area (Å²) in [6.45, 7) is 1.76. The summed E-state index contributed by atoms with van der Waals surface area (Å²) in [6.07, 6.45) is 1.73. The van der Waals surface area contributed by atoms with E-state index < -0.39 is 35.4 Å². The number of carbonyl (C=O) groups is 4. The molecule has 2 aliphatic rings. The lowest BCUT2D eigenvalue weighted by atomic mass is 10.0. The fourth-order valence-electron chi connectivity index (χ4n) is 3.49. The van der Waals surface area contributed by atoms with Crippen LogP contribution in [-0.2, 0) is 24.0 Å². The maximum atomic E-state index is 12.6. The first-order chi connectivity index (χ1) is 13.5. The Morgan fingerprint density at radius 3 is 2.75 bits per heavy atom. The van der Waals surface area contributed by atoms with Gasteiger partial charge in [-0.1, -0.05) is 37.3 Å². The predicted molar refractivity (Wildman–Crippen MR) is 103 cm³/mol. The van der Waals surface area contributed by atoms with E-state index in [9.17, 15) is 19.2 Å². The summed E-state index contributed by atoms with van der Waals surface area (Å²) in [5.74, 6) is -1.04. The molecule has 0 radical (unpaired) electrons. The summed E-state index contributed by atoms with van der Waals surface area (Å²) in [5.41, 5.74) is 0.978. The van der Waals surface area contributed by atoms with Gasteiger partial charge in [0.1, 0.15) is 10.9 Å². The van der Waals surface area contributed by atoms with Crippen molar-refractivity contribution in [1.29, 1.82) is 0 Å². The molecule has 2 N–H and O–H groups in total. The van der Waals surface area contributed by atoms with Crippen molar-refractivity contribution in [2.45, 2.75) is 37.1 Å². The van der Waals surface area contributed by atoms with Gasteiger partial charge in [0.2, 0.25) is 5.91 Å². The molecule has 0 aliphatic carbocycles. The highest BCUT2D eigenvalue weighted by Crippen LogP contribution is 2.54. The van der Waals surface area contributed by atoms with Crippen LogP contribution in [0, 0.1) is 0 Å². The van der Waals surface area contributed by atoms with E-state index in [-0.39, 0.29) is 5.91 Å². The maximum absolute atomic E-state index is 12.6. The number of esters is 1. The van der Waals surface area contributed by atoms with Crippen LogP contribution >= 0.6 is 11.8 Å². The van der Waals surface area contributed by atoms with E-state index in [4.69, 9.17) is 4.74 Å². The molecule has 9 heteroatoms. The van der Waals surface area contributed by atoms with Crippen molar-refractivity contribution in [2.75, 3.05) is 18.9 Å². The SMILES string of the molecule is CCCNC(=O)NC(=O)COC(=O)[C@@H]1CS[C@]2(c3ccccc3)CCC(=O)N12. The van der Waals surface area contributed by atoms with Crippen molar-refractivity contribution in [3.8, 4) is 0 Å². The summed E-state index contributed by atoms with van der Waals surface area (Å²) in [7, 11) is 0. The van der Waals surface area contributed by atoms with Crippen LogP contribution in [0.5, 0.6) is 0 Å². The lowest BCUT2D eigenvalue weighted by Crippen LogP contribution is -2.47. The van der Waals surface area contributed by atoms with Crippen molar-refractivity contribution in [1.82, 2.24) is 15.5 Å². The maximum Gasteiger partial charge on any atom is 0.330 e. The van der Waals surface area contributed by atoms with Gasteiger partial charge in [-0.2, -0.15) is 0 Å². The van der Waals surface area contributed by atoms with Crippen LogP contribution in [0.4, 0.5) is 4.79 Å². The highest BCUT2D eigenvalue weighted by Gasteiger charge is 2.57. The van der Waals surface area contributed by atoms with E-state index in [1.807, 2.05) is 37.3 Å². The summed E-state index contributed by atoms with van der Waals surface area (Å²) in [6, 6.07) is 8.25. The van der Waals surface area contributed by atoms with Crippen LogP contribution in [-0.4, -0.2) is 53.7 Å². The number of nitrogens with zero attached hydrogens (tertiary/aromatic N) is 1. The first-order valence-electron chi connectivity index (χ1n) is 9.24. The zero-order valence-corrected chi connectivity index (χ0v) is 16.4. The number of urea groups is 1. The lowest BCUT2D eigenvalue weighted by molar-refractivity contribution is -0.156. The number of imide groups is 1. The third-order valence-corrected chi connectivity index (χ3v) is 6.35. The molecule has 2 atom stereocenters. The first-order valence-corrected chi connectivity index (χ1v) is 10.2. The molecule has 2 heterocycles. The Balaban J connectivity index is 1.61. The molecule has 0 bridgehead atoms. The number of rotatable bonds is 6. The van der Waals surface area contributed by atoms with Crippen LogP contribution in [0.25, 0.3) is 0 Å². The Labute approximate surface area is 167 Å². The topological polar surface area (TPSA) is 105 Å². The number of ether oxygens (including phenoxy) is 1. The molecule has 2 saturated heterocycles. The number of nitrogens with one attached hydrogen (secondary N) is 2. The molecule has 2 aliphatic heterocycles. The average Bonchev–Trinajstić information content (AvgIpc) is 3.24. The molecule has 0 spiro atoms. The standard InChI is InChI=1S/C19H23N3O5S/c1-2-10-20-18(26)21-15(23)11-27-17(25)14-12-28-19(9-8-16(24)22(14)19)13-6-4-3-5-7-13/h3-7,14H,2,8-12H2,1H3,(H2,20,21,23,26)/t14-,19-/m0/s1. The van der Waals surface area contributed by atoms with Crippen molar-refractivity contribution in [3.05, 3.63) is 35.9 Å². The minimum absolute atomic E-state index is 0.0980. The van der Waals surface area contributed by atoms with Crippen LogP contribution < -0.4 is 10.6 Å². The molecule has 0 aromatic heterocycles. The molecule has 2 fully saturated rings. The fraction of sp³-hybridized carbons (Fsp3) is 0.474. The van der Waals surface area contributed by atoms with Crippen LogP contribution in [0.3, 0.4) is 0 Å². The molecule has 8 nitrogen and oxygen atoms in total. The van der Waals surface area contributed by atoms with Crippen molar-refractivity contribution < 1.29 is 23.9 Å². The van der Waals surface area contributed by atoms with E-state index in [1.54, 1.807) is 16.7 Å². The monoisotopic (exact) mass is 405 g/mol. The van der Waals surface area contributed by atoms with E-state index >= 15 is 0 Å². The van der Waals surface area contributed by atoms with E-state index in [0.717, 1.165) is 12.0 Å². The number of fused-ring (bicyclic) bond motifs is 1. The number of benzene rings is 1. The van der Waals surface area contributed by atoms with Gasteiger partial charge in [-0.25, -0.2) is 9.59 Å². The molecule has 28 heavy (non-hydrogen) atoms. The molecule has 0 unspecified atom stereocenters. The summed E-state index contributed by atoms with van der Waals surface area (Å²) in [4.78, 5) is 49.3. The zero-order valence-electron chi connectivity index (χ0n) is 15.6. The average molecular weight is 405 g/mol. The van der Waals surface area contributed by atoms with Gasteiger partial charge in [0.25, 0.3) is 5.91 Å². The summed E-state index contributed by atoms with van der Waals surface area (Å²) in [5, 5.41) is 4.59. The highest BCUT2D eigenvalue weighted by molar-refractivity contribution is 8.00. The van der Waals surface area contributed by atoms with Gasteiger partial charge in [0, 0.05) is 18.7 Å². The second kappa shape index (κ2) is 8.64. The lowest BCUT2D eigenvalue weighted by Gasteiger charge is -2.33. The predicted octanol–water partition coefficient (Wildman–Crippen LogP) is 1.36. The Morgan fingerprint density at radius 1 is 1.29 bits per heavy atom. The van der Waals surface area contributed by atoms with Crippen LogP contribution in [0.1, 0.15) is 31.7 Å². The minimum atomic E-state index is -0.748. The molecule has 3 rings (SSSR count). The molecule has 0 saturated carbocycles. The summed E-state index contributed by atoms with van der Waals surface area (Å²) >= 11 is 1.55. The second-order valence-corrected chi connectivity index (χ2v) is 7.95. The van der Waals surface area contributed by atoms with Crippen LogP contribution in [0.15, 0.2) is 30.3 Å². The Kier molecular flexibility index (Phi) is 6.23. The summed E-state index contributed by atoms with van der Waals surface area (Å²) < 4.78 is 5.09. The van der Waals surface area contributed by atoms with Gasteiger partial charge < -0.3 is 15.0 Å². The van der Waals surface area contributed by atoms with E-state index in [1.165, 1.54) is 0 Å². The smallest absolute Gasteiger partial charge is 0.330 e. The Bertz CT molecular complexity index is 772. The third kappa shape index (κ3) is 3.99. The highest BCUT2D eigenvalue weighted by atomic mass is 32.2. The van der Waals surface area contributed by atoms with Crippen molar-refractivity contribution in [3.63, 3.8) is 0 Å². The first kappa shape index (κ1) is 20.2. The molecule has 1 aromatic carbocycles. The number of hydrogen-bond acceptors (Lipinski definition) is 6. The van der Waals surface area contributed by atoms with Crippen molar-refractivity contribution >= 4 is 35.6 Å². The number of thioether (sulfide) groups is 1. The number of amides is 4. The van der Waals surface area contributed by atoms with E-state index in [2.05, 4.69) is 10.6 Å². The quantitative estimate of drug-likeness (QED) is 0.693. The molecular formula is C19H23N3O5S. The normalized spacial score (nSPS) is 23.2. The Morgan fingerprint density at radius 2 is 2.04 bits per heavy atom. The number of hydrogen-bond donors (Lipinski definition) is 2. The van der Waals surface area contributed by atoms with Gasteiger partial charge in [-0.3, -0.25) is 14.9 Å². The number of carbonyl (C=O) groups excluding carboxylic acids is 4. The molecule has 150 valence electrons. The molecule has 1 aromatic rings. The largest absolute Gasteiger partial charge is 0.454 e. The van der Waals surface area contributed by atoms with Gasteiger partial charge in [-0.15, -0.1) is 11.8 Å². The fourth-order valence-corrected chi connectivity index (χ4v) is 5.13. The van der Waals surface area contributed by atoms with Crippen LogP contribution in [0.2, 0.25) is 0 Å². The van der Waals surface area contributed by atoms with Gasteiger partial charge in [0.05, 0.1) is 0 Å². The third-order valence-electron chi connectivity index (χ3n) is 4.76. The Hall–Kier alpha value is -2.55. The van der Waals surface area contributed by atoms with Crippen molar-refractivity contribution in [2.24, 2.45) is 0 Å². The van der Waals surface area contributed by atoms with E-state index in [0.29, 0.717) is 25.1 Å². The molecule has 4 amide bonds. The van der Waals surface area contributed by atoms with Gasteiger partial charge >= 0.3 is 12.0 Å². The van der Waals surface area contributed by atoms with Gasteiger partial charge in [-0.05, 0) is 18.4 Å². The second-order valence-electron chi connectivity index (χ2n) is 6.65. The van der Waals surface area contributed by atoms with Gasteiger partial charge in [0.15, 0.2) is 6.61 Å². The molecular weight excluding hydrogens is 382 g/mol.